The zero-order valence-electron chi connectivity index (χ0n) is 15.0. The molecule has 0 aliphatic heterocycles. The van der Waals surface area contributed by atoms with E-state index in [2.05, 4.69) is 31.0 Å². The molecule has 0 bridgehead atoms. The first-order chi connectivity index (χ1) is 13.8. The monoisotopic (exact) mass is 462 g/mol. The molecule has 0 saturated carbocycles. The van der Waals surface area contributed by atoms with Gasteiger partial charge in [0, 0.05) is 29.3 Å². The van der Waals surface area contributed by atoms with Crippen molar-refractivity contribution in [2.24, 2.45) is 7.05 Å². The minimum atomic E-state index is -0.800. The van der Waals surface area contributed by atoms with Gasteiger partial charge < -0.3 is 0 Å². The highest BCUT2D eigenvalue weighted by atomic mass is 79.9. The van der Waals surface area contributed by atoms with Crippen LogP contribution in [0.3, 0.4) is 0 Å². The third-order valence-corrected chi connectivity index (χ3v) is 4.75. The summed E-state index contributed by atoms with van der Waals surface area (Å²) in [5.41, 5.74) is -1.09. The Morgan fingerprint density at radius 2 is 1.86 bits per heavy atom. The smallest absolute Gasteiger partial charge is 0.273 e. The Morgan fingerprint density at radius 1 is 1.07 bits per heavy atom. The average molecular weight is 463 g/mol. The van der Waals surface area contributed by atoms with Crippen molar-refractivity contribution < 1.29 is 8.78 Å². The minimum Gasteiger partial charge on any atom is -0.273 e. The first kappa shape index (κ1) is 19.1. The number of aromatic nitrogens is 6. The number of hydrogen-bond acceptors (Lipinski definition) is 5. The molecule has 0 spiro atoms. The largest absolute Gasteiger partial charge is 0.333 e. The van der Waals surface area contributed by atoms with Crippen molar-refractivity contribution in [2.45, 2.75) is 13.1 Å². The second kappa shape index (κ2) is 7.32. The van der Waals surface area contributed by atoms with Crippen molar-refractivity contribution in [3.05, 3.63) is 85.1 Å². The summed E-state index contributed by atoms with van der Waals surface area (Å²) in [5.74, 6) is -1.25. The molecule has 4 rings (SSSR count). The van der Waals surface area contributed by atoms with Crippen molar-refractivity contribution in [3.8, 4) is 0 Å². The Morgan fingerprint density at radius 3 is 2.55 bits per heavy atom. The maximum atomic E-state index is 14.2. The van der Waals surface area contributed by atoms with Gasteiger partial charge in [0.05, 0.1) is 18.5 Å². The van der Waals surface area contributed by atoms with E-state index in [0.717, 1.165) is 16.7 Å². The van der Waals surface area contributed by atoms with E-state index in [0.29, 0.717) is 4.47 Å². The number of fused-ring (bicyclic) bond motifs is 1. The molecular weight excluding hydrogens is 450 g/mol. The van der Waals surface area contributed by atoms with Gasteiger partial charge in [-0.25, -0.2) is 23.5 Å². The first-order valence-electron chi connectivity index (χ1n) is 8.41. The van der Waals surface area contributed by atoms with Crippen LogP contribution in [0.4, 0.5) is 8.78 Å². The molecule has 8 nitrogen and oxygen atoms in total. The second-order valence-corrected chi connectivity index (χ2v) is 7.27. The zero-order valence-corrected chi connectivity index (χ0v) is 16.6. The fraction of sp³-hybridized carbons (Fsp3) is 0.167. The van der Waals surface area contributed by atoms with Crippen LogP contribution >= 0.6 is 15.9 Å². The van der Waals surface area contributed by atoms with Gasteiger partial charge in [0.1, 0.15) is 23.6 Å². The highest BCUT2D eigenvalue weighted by molar-refractivity contribution is 9.10. The number of nitrogens with zero attached hydrogens (tertiary/aromatic N) is 6. The van der Waals surface area contributed by atoms with Crippen LogP contribution in [0.25, 0.3) is 11.0 Å². The normalized spacial score (nSPS) is 11.3. The van der Waals surface area contributed by atoms with Crippen LogP contribution in [0.5, 0.6) is 0 Å². The number of rotatable bonds is 4. The first-order valence-corrected chi connectivity index (χ1v) is 9.20. The Bertz CT molecular complexity index is 1360. The van der Waals surface area contributed by atoms with Gasteiger partial charge >= 0.3 is 5.69 Å². The van der Waals surface area contributed by atoms with Crippen molar-refractivity contribution in [1.82, 2.24) is 28.9 Å². The van der Waals surface area contributed by atoms with E-state index in [9.17, 15) is 18.4 Å². The number of halogens is 3. The van der Waals surface area contributed by atoms with Gasteiger partial charge in [-0.1, -0.05) is 6.07 Å². The Balaban J connectivity index is 1.94. The molecule has 148 valence electrons. The Kier molecular flexibility index (Phi) is 4.82. The SMILES string of the molecule is Cn1cnc(Cn2c(=O)c3cc(Br)cnc3n(Cc3ccc(F)cc3F)c2=O)n1. The van der Waals surface area contributed by atoms with Crippen molar-refractivity contribution >= 4 is 27.0 Å². The lowest BCUT2D eigenvalue weighted by atomic mass is 10.2. The number of hydrogen-bond donors (Lipinski definition) is 0. The third kappa shape index (κ3) is 3.60. The molecule has 0 aliphatic rings. The summed E-state index contributed by atoms with van der Waals surface area (Å²) >= 11 is 3.26. The maximum Gasteiger partial charge on any atom is 0.333 e. The van der Waals surface area contributed by atoms with E-state index in [4.69, 9.17) is 0 Å². The van der Waals surface area contributed by atoms with Gasteiger partial charge in [0.15, 0.2) is 5.82 Å². The van der Waals surface area contributed by atoms with E-state index < -0.39 is 22.9 Å². The van der Waals surface area contributed by atoms with E-state index >= 15 is 0 Å². The van der Waals surface area contributed by atoms with Crippen LogP contribution in [0.1, 0.15) is 11.4 Å². The molecular formula is C18H13BrF2N6O2. The quantitative estimate of drug-likeness (QED) is 0.461. The Hall–Kier alpha value is -3.21. The molecule has 29 heavy (non-hydrogen) atoms. The molecule has 3 aromatic heterocycles. The van der Waals surface area contributed by atoms with E-state index in [-0.39, 0.29) is 35.5 Å². The summed E-state index contributed by atoms with van der Waals surface area (Å²) < 4.78 is 31.6. The van der Waals surface area contributed by atoms with Gasteiger partial charge in [-0.05, 0) is 28.1 Å². The van der Waals surface area contributed by atoms with Gasteiger partial charge in [0.2, 0.25) is 0 Å². The van der Waals surface area contributed by atoms with Gasteiger partial charge in [-0.3, -0.25) is 18.6 Å². The average Bonchev–Trinajstić information content (AvgIpc) is 3.09. The number of aryl methyl sites for hydroxylation is 1. The fourth-order valence-corrected chi connectivity index (χ4v) is 3.30. The van der Waals surface area contributed by atoms with E-state index in [1.165, 1.54) is 33.9 Å². The van der Waals surface area contributed by atoms with Crippen LogP contribution in [0.2, 0.25) is 0 Å². The second-order valence-electron chi connectivity index (χ2n) is 6.35. The van der Waals surface area contributed by atoms with Crippen molar-refractivity contribution in [1.29, 1.82) is 0 Å². The van der Waals surface area contributed by atoms with Crippen LogP contribution < -0.4 is 11.2 Å². The molecule has 0 atom stereocenters. The molecule has 11 heteroatoms. The summed E-state index contributed by atoms with van der Waals surface area (Å²) in [7, 11) is 1.66. The van der Waals surface area contributed by atoms with Gasteiger partial charge in [-0.15, -0.1) is 0 Å². The Labute approximate surface area is 170 Å². The summed E-state index contributed by atoms with van der Waals surface area (Å²) in [6.45, 7) is -0.390. The van der Waals surface area contributed by atoms with Gasteiger partial charge in [-0.2, -0.15) is 5.10 Å². The van der Waals surface area contributed by atoms with Crippen molar-refractivity contribution in [3.63, 3.8) is 0 Å². The predicted molar refractivity (Wildman–Crippen MR) is 104 cm³/mol. The van der Waals surface area contributed by atoms with E-state index in [1.54, 1.807) is 7.05 Å². The standard InChI is InChI=1S/C18H13BrF2N6O2/c1-25-9-23-15(24-25)8-27-17(28)13-4-11(19)6-22-16(13)26(18(27)29)7-10-2-3-12(20)5-14(10)21/h2-6,9H,7-8H2,1H3. The highest BCUT2D eigenvalue weighted by Gasteiger charge is 2.17. The van der Waals surface area contributed by atoms with Gasteiger partial charge in [0.25, 0.3) is 5.56 Å². The summed E-state index contributed by atoms with van der Waals surface area (Å²) in [6, 6.07) is 4.62. The number of benzene rings is 1. The summed E-state index contributed by atoms with van der Waals surface area (Å²) in [5, 5.41) is 4.26. The van der Waals surface area contributed by atoms with Crippen LogP contribution in [-0.2, 0) is 20.1 Å². The van der Waals surface area contributed by atoms with Crippen molar-refractivity contribution in [2.75, 3.05) is 0 Å². The van der Waals surface area contributed by atoms with Crippen LogP contribution in [0, 0.1) is 11.6 Å². The van der Waals surface area contributed by atoms with Crippen LogP contribution in [0.15, 0.2) is 50.9 Å². The number of pyridine rings is 1. The zero-order chi connectivity index (χ0) is 20.7. The predicted octanol–water partition coefficient (Wildman–Crippen LogP) is 1.82. The molecule has 0 fully saturated rings. The summed E-state index contributed by atoms with van der Waals surface area (Å²) in [6.07, 6.45) is 2.88. The molecule has 0 aliphatic carbocycles. The molecule has 0 N–H and O–H groups in total. The third-order valence-electron chi connectivity index (χ3n) is 4.32. The summed E-state index contributed by atoms with van der Waals surface area (Å²) in [4.78, 5) is 34.2. The lowest BCUT2D eigenvalue weighted by Crippen LogP contribution is -2.41. The minimum absolute atomic E-state index is 0.0840. The maximum absolute atomic E-state index is 14.2. The molecule has 0 saturated heterocycles. The fourth-order valence-electron chi connectivity index (χ4n) is 2.97. The van der Waals surface area contributed by atoms with Crippen LogP contribution in [-0.4, -0.2) is 28.9 Å². The lowest BCUT2D eigenvalue weighted by Gasteiger charge is -2.13. The molecule has 0 radical (unpaired) electrons. The topological polar surface area (TPSA) is 87.6 Å². The molecule has 1 aromatic carbocycles. The molecule has 0 amide bonds. The highest BCUT2D eigenvalue weighted by Crippen LogP contribution is 2.16. The molecule has 4 aromatic rings. The lowest BCUT2D eigenvalue weighted by molar-refractivity contribution is 0.556. The molecule has 0 unspecified atom stereocenters. The van der Waals surface area contributed by atoms with E-state index in [1.807, 2.05) is 0 Å². The molecule has 3 heterocycles.